The first-order chi connectivity index (χ1) is 9.28. The lowest BCUT2D eigenvalue weighted by atomic mass is 10.1. The number of benzene rings is 1. The largest absolute Gasteiger partial charge is 0.497 e. The number of unbranched alkanes of at least 4 members (excludes halogenated alkanes) is 1. The van der Waals surface area contributed by atoms with Crippen molar-refractivity contribution in [1.82, 2.24) is 0 Å². The molecule has 0 radical (unpaired) electrons. The van der Waals surface area contributed by atoms with Gasteiger partial charge in [-0.05, 0) is 30.7 Å². The number of nitrogens with zero attached hydrogens (tertiary/aromatic N) is 1. The molecular formula is C15H21NO3. The Morgan fingerprint density at radius 3 is 2.74 bits per heavy atom. The minimum Gasteiger partial charge on any atom is -0.497 e. The van der Waals surface area contributed by atoms with E-state index in [4.69, 9.17) is 9.47 Å². The zero-order valence-corrected chi connectivity index (χ0v) is 11.5. The second kappa shape index (κ2) is 6.57. The van der Waals surface area contributed by atoms with Crippen LogP contribution in [0.1, 0.15) is 26.2 Å². The van der Waals surface area contributed by atoms with Crippen LogP contribution in [0.3, 0.4) is 0 Å². The highest BCUT2D eigenvalue weighted by molar-refractivity contribution is 5.65. The maximum Gasteiger partial charge on any atom is 0.187 e. The highest BCUT2D eigenvalue weighted by atomic mass is 16.5. The van der Waals surface area contributed by atoms with Gasteiger partial charge >= 0.3 is 0 Å². The number of methoxy groups -OCH3 is 1. The molecule has 2 rings (SSSR count). The predicted octanol–water partition coefficient (Wildman–Crippen LogP) is 2.62. The highest BCUT2D eigenvalue weighted by Gasteiger charge is 2.32. The second-order valence-electron chi connectivity index (χ2n) is 4.78. The molecular weight excluding hydrogens is 242 g/mol. The van der Waals surface area contributed by atoms with E-state index in [-0.39, 0.29) is 6.10 Å². The van der Waals surface area contributed by atoms with E-state index < -0.39 is 6.23 Å². The number of aldehydes is 1. The number of rotatable bonds is 6. The van der Waals surface area contributed by atoms with Crippen molar-refractivity contribution in [1.29, 1.82) is 0 Å². The number of carbonyl (C=O) groups is 1. The summed E-state index contributed by atoms with van der Waals surface area (Å²) in [4.78, 5) is 13.1. The molecule has 0 amide bonds. The SMILES string of the molecule is CCCCC1CN(c2ccc(OC)cc2)C(C=O)O1. The monoisotopic (exact) mass is 263 g/mol. The van der Waals surface area contributed by atoms with E-state index in [2.05, 4.69) is 6.92 Å². The number of hydrogen-bond donors (Lipinski definition) is 0. The van der Waals surface area contributed by atoms with Crippen LogP contribution in [-0.4, -0.2) is 32.3 Å². The van der Waals surface area contributed by atoms with Gasteiger partial charge in [0, 0.05) is 12.2 Å². The fourth-order valence-corrected chi connectivity index (χ4v) is 2.36. The van der Waals surface area contributed by atoms with Crippen molar-refractivity contribution in [2.75, 3.05) is 18.6 Å². The molecule has 1 fully saturated rings. The van der Waals surface area contributed by atoms with Gasteiger partial charge in [0.05, 0.1) is 13.2 Å². The maximum atomic E-state index is 11.1. The predicted molar refractivity (Wildman–Crippen MR) is 74.6 cm³/mol. The summed E-state index contributed by atoms with van der Waals surface area (Å²) in [6.07, 6.45) is 3.84. The van der Waals surface area contributed by atoms with E-state index in [1.165, 1.54) is 0 Å². The molecule has 1 aromatic rings. The molecule has 0 N–H and O–H groups in total. The Labute approximate surface area is 114 Å². The van der Waals surface area contributed by atoms with Gasteiger partial charge in [-0.3, -0.25) is 4.79 Å². The number of carbonyl (C=O) groups excluding carboxylic acids is 1. The fraction of sp³-hybridized carbons (Fsp3) is 0.533. The van der Waals surface area contributed by atoms with Crippen molar-refractivity contribution in [3.05, 3.63) is 24.3 Å². The molecule has 0 spiro atoms. The minimum absolute atomic E-state index is 0.150. The Morgan fingerprint density at radius 1 is 1.42 bits per heavy atom. The fourth-order valence-electron chi connectivity index (χ4n) is 2.36. The van der Waals surface area contributed by atoms with Crippen LogP contribution in [0.5, 0.6) is 5.75 Å². The van der Waals surface area contributed by atoms with Gasteiger partial charge in [-0.2, -0.15) is 0 Å². The molecule has 4 nitrogen and oxygen atoms in total. The van der Waals surface area contributed by atoms with Crippen molar-refractivity contribution >= 4 is 12.0 Å². The molecule has 2 atom stereocenters. The molecule has 1 aliphatic rings. The molecule has 19 heavy (non-hydrogen) atoms. The van der Waals surface area contributed by atoms with E-state index in [0.717, 1.165) is 43.5 Å². The second-order valence-corrected chi connectivity index (χ2v) is 4.78. The molecule has 2 unspecified atom stereocenters. The van der Waals surface area contributed by atoms with Crippen LogP contribution >= 0.6 is 0 Å². The van der Waals surface area contributed by atoms with Crippen molar-refractivity contribution in [2.45, 2.75) is 38.5 Å². The van der Waals surface area contributed by atoms with Crippen molar-refractivity contribution < 1.29 is 14.3 Å². The van der Waals surface area contributed by atoms with Crippen LogP contribution < -0.4 is 9.64 Å². The summed E-state index contributed by atoms with van der Waals surface area (Å²) in [5.74, 6) is 0.814. The summed E-state index contributed by atoms with van der Waals surface area (Å²) in [6.45, 7) is 2.93. The first-order valence-electron chi connectivity index (χ1n) is 6.80. The Balaban J connectivity index is 2.06. The van der Waals surface area contributed by atoms with E-state index in [1.807, 2.05) is 29.2 Å². The topological polar surface area (TPSA) is 38.8 Å². The van der Waals surface area contributed by atoms with Gasteiger partial charge in [-0.15, -0.1) is 0 Å². The molecule has 1 aliphatic heterocycles. The zero-order chi connectivity index (χ0) is 13.7. The van der Waals surface area contributed by atoms with Gasteiger partial charge in [0.25, 0.3) is 0 Å². The lowest BCUT2D eigenvalue weighted by Gasteiger charge is -2.20. The molecule has 1 aromatic carbocycles. The molecule has 104 valence electrons. The summed E-state index contributed by atoms with van der Waals surface area (Å²) in [6, 6.07) is 7.72. The van der Waals surface area contributed by atoms with E-state index in [9.17, 15) is 4.79 Å². The minimum atomic E-state index is -0.463. The summed E-state index contributed by atoms with van der Waals surface area (Å²) < 4.78 is 10.9. The van der Waals surface area contributed by atoms with E-state index in [0.29, 0.717) is 0 Å². The van der Waals surface area contributed by atoms with Gasteiger partial charge < -0.3 is 14.4 Å². The summed E-state index contributed by atoms with van der Waals surface area (Å²) in [5.41, 5.74) is 0.997. The molecule has 0 aromatic heterocycles. The maximum absolute atomic E-state index is 11.1. The number of hydrogen-bond acceptors (Lipinski definition) is 4. The normalized spacial score (nSPS) is 22.5. The third kappa shape index (κ3) is 3.26. The summed E-state index contributed by atoms with van der Waals surface area (Å²) in [5, 5.41) is 0. The van der Waals surface area contributed by atoms with Gasteiger partial charge in [0.1, 0.15) is 5.75 Å². The average molecular weight is 263 g/mol. The van der Waals surface area contributed by atoms with Crippen LogP contribution in [0.2, 0.25) is 0 Å². The van der Waals surface area contributed by atoms with E-state index in [1.54, 1.807) is 7.11 Å². The molecule has 4 heteroatoms. The van der Waals surface area contributed by atoms with Crippen LogP contribution in [0, 0.1) is 0 Å². The Bertz CT molecular complexity index is 404. The summed E-state index contributed by atoms with van der Waals surface area (Å²) >= 11 is 0. The standard InChI is InChI=1S/C15H21NO3/c1-3-4-5-14-10-16(15(11-17)19-14)12-6-8-13(18-2)9-7-12/h6-9,11,14-15H,3-5,10H2,1-2H3. The van der Waals surface area contributed by atoms with Gasteiger partial charge in [0.2, 0.25) is 0 Å². The van der Waals surface area contributed by atoms with Crippen molar-refractivity contribution in [3.63, 3.8) is 0 Å². The van der Waals surface area contributed by atoms with Gasteiger partial charge in [0.15, 0.2) is 12.5 Å². The van der Waals surface area contributed by atoms with Crippen LogP contribution in [0.25, 0.3) is 0 Å². The molecule has 0 saturated carbocycles. The van der Waals surface area contributed by atoms with Crippen LogP contribution in [-0.2, 0) is 9.53 Å². The third-order valence-corrected chi connectivity index (χ3v) is 3.44. The first kappa shape index (κ1) is 13.9. The number of ether oxygens (including phenoxy) is 2. The summed E-state index contributed by atoms with van der Waals surface area (Å²) in [7, 11) is 1.64. The Hall–Kier alpha value is -1.55. The van der Waals surface area contributed by atoms with Gasteiger partial charge in [-0.25, -0.2) is 0 Å². The Morgan fingerprint density at radius 2 is 2.16 bits per heavy atom. The lowest BCUT2D eigenvalue weighted by molar-refractivity contribution is -0.117. The van der Waals surface area contributed by atoms with Gasteiger partial charge in [-0.1, -0.05) is 19.8 Å². The highest BCUT2D eigenvalue weighted by Crippen LogP contribution is 2.27. The molecule has 0 aliphatic carbocycles. The van der Waals surface area contributed by atoms with Crippen molar-refractivity contribution in [2.24, 2.45) is 0 Å². The zero-order valence-electron chi connectivity index (χ0n) is 11.5. The van der Waals surface area contributed by atoms with E-state index >= 15 is 0 Å². The molecule has 0 bridgehead atoms. The number of anilines is 1. The van der Waals surface area contributed by atoms with Crippen LogP contribution in [0.15, 0.2) is 24.3 Å². The van der Waals surface area contributed by atoms with Crippen LogP contribution in [0.4, 0.5) is 5.69 Å². The first-order valence-corrected chi connectivity index (χ1v) is 6.80. The smallest absolute Gasteiger partial charge is 0.187 e. The Kier molecular flexibility index (Phi) is 4.80. The average Bonchev–Trinajstić information content (AvgIpc) is 2.88. The molecule has 1 saturated heterocycles. The lowest BCUT2D eigenvalue weighted by Crippen LogP contribution is -2.31. The molecule has 1 heterocycles. The third-order valence-electron chi connectivity index (χ3n) is 3.44. The quantitative estimate of drug-likeness (QED) is 0.740. The van der Waals surface area contributed by atoms with Crippen molar-refractivity contribution in [3.8, 4) is 5.75 Å².